The molecule has 1 saturated heterocycles. The van der Waals surface area contributed by atoms with Crippen LogP contribution < -0.4 is 5.32 Å². The van der Waals surface area contributed by atoms with E-state index in [1.807, 2.05) is 19.1 Å². The molecule has 0 spiro atoms. The van der Waals surface area contributed by atoms with Crippen molar-refractivity contribution >= 4 is 17.2 Å². The van der Waals surface area contributed by atoms with Gasteiger partial charge < -0.3 is 10.1 Å². The molecule has 122 valence electrons. The lowest BCUT2D eigenvalue weighted by molar-refractivity contribution is 0.0169. The van der Waals surface area contributed by atoms with Gasteiger partial charge in [-0.1, -0.05) is 6.07 Å². The van der Waals surface area contributed by atoms with Gasteiger partial charge in [0.1, 0.15) is 0 Å². The molecule has 1 aliphatic heterocycles. The van der Waals surface area contributed by atoms with E-state index >= 15 is 0 Å². The van der Waals surface area contributed by atoms with Crippen LogP contribution in [-0.2, 0) is 4.74 Å². The minimum absolute atomic E-state index is 0.0766. The topological polar surface area (TPSA) is 54.5 Å². The van der Waals surface area contributed by atoms with Crippen LogP contribution in [0.25, 0.3) is 0 Å². The van der Waals surface area contributed by atoms with Crippen LogP contribution in [0.3, 0.4) is 0 Å². The number of thiophene rings is 1. The minimum atomic E-state index is -0.0766. The largest absolute Gasteiger partial charge is 0.379 e. The summed E-state index contributed by atoms with van der Waals surface area (Å²) in [5.74, 6) is -0.0766. The molecule has 1 N–H and O–H groups in total. The lowest BCUT2D eigenvalue weighted by atomic mass is 10.1. The molecule has 0 bridgehead atoms. The molecule has 3 rings (SSSR count). The maximum absolute atomic E-state index is 12.3. The summed E-state index contributed by atoms with van der Waals surface area (Å²) in [5, 5.41) is 5.13. The summed E-state index contributed by atoms with van der Waals surface area (Å²) < 4.78 is 5.44. The summed E-state index contributed by atoms with van der Waals surface area (Å²) in [7, 11) is 0. The van der Waals surface area contributed by atoms with Crippen molar-refractivity contribution in [1.82, 2.24) is 15.2 Å². The minimum Gasteiger partial charge on any atom is -0.379 e. The van der Waals surface area contributed by atoms with Crippen molar-refractivity contribution in [2.75, 3.05) is 32.8 Å². The number of rotatable bonds is 5. The van der Waals surface area contributed by atoms with E-state index in [9.17, 15) is 4.79 Å². The first-order chi connectivity index (χ1) is 11.2. The quantitative estimate of drug-likeness (QED) is 0.913. The maximum atomic E-state index is 12.3. The summed E-state index contributed by atoms with van der Waals surface area (Å²) in [4.78, 5) is 20.2. The Bertz CT molecular complexity index is 622. The van der Waals surface area contributed by atoms with Gasteiger partial charge in [-0.15, -0.1) is 11.3 Å². The molecule has 3 heterocycles. The lowest BCUT2D eigenvalue weighted by Crippen LogP contribution is -2.43. The van der Waals surface area contributed by atoms with E-state index in [1.165, 1.54) is 4.88 Å². The van der Waals surface area contributed by atoms with Crippen molar-refractivity contribution in [3.63, 3.8) is 0 Å². The molecule has 5 nitrogen and oxygen atoms in total. The van der Waals surface area contributed by atoms with E-state index in [1.54, 1.807) is 17.5 Å². The van der Waals surface area contributed by atoms with Crippen LogP contribution in [0.2, 0.25) is 0 Å². The molecule has 6 heteroatoms. The van der Waals surface area contributed by atoms with Gasteiger partial charge in [0, 0.05) is 36.4 Å². The van der Waals surface area contributed by atoms with Crippen molar-refractivity contribution < 1.29 is 9.53 Å². The third-order valence-corrected chi connectivity index (χ3v) is 4.96. The summed E-state index contributed by atoms with van der Waals surface area (Å²) in [5.41, 5.74) is 1.51. The van der Waals surface area contributed by atoms with E-state index < -0.39 is 0 Å². The van der Waals surface area contributed by atoms with Gasteiger partial charge in [-0.25, -0.2) is 0 Å². The van der Waals surface area contributed by atoms with Gasteiger partial charge in [0.05, 0.1) is 24.8 Å². The Kier molecular flexibility index (Phi) is 5.38. The Morgan fingerprint density at radius 3 is 2.87 bits per heavy atom. The molecule has 23 heavy (non-hydrogen) atoms. The van der Waals surface area contributed by atoms with Crippen molar-refractivity contribution in [2.45, 2.75) is 13.0 Å². The smallest absolute Gasteiger partial charge is 0.252 e. The molecule has 1 fully saturated rings. The number of nitrogens with one attached hydrogen (secondary N) is 1. The molecule has 1 aliphatic rings. The molecule has 2 aromatic rings. The molecule has 1 amide bonds. The number of morpholine rings is 1. The summed E-state index contributed by atoms with van der Waals surface area (Å²) in [6, 6.07) is 8.05. The Morgan fingerprint density at radius 2 is 2.22 bits per heavy atom. The summed E-state index contributed by atoms with van der Waals surface area (Å²) in [6.07, 6.45) is 1.62. The number of aryl methyl sites for hydroxylation is 1. The van der Waals surface area contributed by atoms with E-state index in [0.29, 0.717) is 12.1 Å². The SMILES string of the molecule is Cc1ccc(C(=O)NC[C@@H](c2cccs2)N2CCOCC2)cn1. The first-order valence-corrected chi connectivity index (χ1v) is 8.68. The van der Waals surface area contributed by atoms with Gasteiger partial charge in [0.2, 0.25) is 0 Å². The van der Waals surface area contributed by atoms with Crippen molar-refractivity contribution in [2.24, 2.45) is 0 Å². The molecule has 0 saturated carbocycles. The van der Waals surface area contributed by atoms with Crippen LogP contribution in [0.5, 0.6) is 0 Å². The van der Waals surface area contributed by atoms with Gasteiger partial charge in [-0.3, -0.25) is 14.7 Å². The van der Waals surface area contributed by atoms with Crippen LogP contribution in [-0.4, -0.2) is 48.6 Å². The highest BCUT2D eigenvalue weighted by molar-refractivity contribution is 7.10. The van der Waals surface area contributed by atoms with Crippen LogP contribution in [0.1, 0.15) is 27.0 Å². The summed E-state index contributed by atoms with van der Waals surface area (Å²) >= 11 is 1.73. The number of aromatic nitrogens is 1. The van der Waals surface area contributed by atoms with E-state index in [-0.39, 0.29) is 11.9 Å². The Hall–Kier alpha value is -1.76. The highest BCUT2D eigenvalue weighted by Crippen LogP contribution is 2.25. The number of amides is 1. The Balaban J connectivity index is 1.66. The van der Waals surface area contributed by atoms with Gasteiger partial charge >= 0.3 is 0 Å². The van der Waals surface area contributed by atoms with Crippen LogP contribution >= 0.6 is 11.3 Å². The predicted octanol–water partition coefficient (Wildman–Crippen LogP) is 2.25. The number of hydrogen-bond donors (Lipinski definition) is 1. The van der Waals surface area contributed by atoms with E-state index in [2.05, 4.69) is 32.7 Å². The molecular formula is C17H21N3O2S. The normalized spacial score (nSPS) is 16.9. The Labute approximate surface area is 140 Å². The number of nitrogens with zero attached hydrogens (tertiary/aromatic N) is 2. The lowest BCUT2D eigenvalue weighted by Gasteiger charge is -2.34. The first-order valence-electron chi connectivity index (χ1n) is 7.80. The molecule has 1 atom stereocenters. The van der Waals surface area contributed by atoms with Crippen LogP contribution in [0.15, 0.2) is 35.8 Å². The third kappa shape index (κ3) is 4.16. The molecule has 0 unspecified atom stereocenters. The second-order valence-electron chi connectivity index (χ2n) is 5.58. The zero-order valence-corrected chi connectivity index (χ0v) is 14.0. The van der Waals surface area contributed by atoms with Gasteiger partial charge in [0.15, 0.2) is 0 Å². The molecule has 0 aromatic carbocycles. The second kappa shape index (κ2) is 7.68. The molecule has 0 radical (unpaired) electrons. The van der Waals surface area contributed by atoms with Gasteiger partial charge in [-0.05, 0) is 30.5 Å². The van der Waals surface area contributed by atoms with Crippen molar-refractivity contribution in [3.8, 4) is 0 Å². The number of hydrogen-bond acceptors (Lipinski definition) is 5. The summed E-state index contributed by atoms with van der Waals surface area (Å²) in [6.45, 7) is 5.78. The van der Waals surface area contributed by atoms with Gasteiger partial charge in [-0.2, -0.15) is 0 Å². The zero-order valence-electron chi connectivity index (χ0n) is 13.2. The standard InChI is InChI=1S/C17H21N3O2S/c1-13-4-5-14(11-18-13)17(21)19-12-15(16-3-2-10-23-16)20-6-8-22-9-7-20/h2-5,10-11,15H,6-9,12H2,1H3,(H,19,21)/t15-/m0/s1. The van der Waals surface area contributed by atoms with Crippen LogP contribution in [0, 0.1) is 6.92 Å². The number of pyridine rings is 1. The third-order valence-electron chi connectivity index (χ3n) is 3.99. The highest BCUT2D eigenvalue weighted by atomic mass is 32.1. The van der Waals surface area contributed by atoms with E-state index in [0.717, 1.165) is 32.0 Å². The highest BCUT2D eigenvalue weighted by Gasteiger charge is 2.24. The molecule has 2 aromatic heterocycles. The molecule has 0 aliphatic carbocycles. The average Bonchev–Trinajstić information content (AvgIpc) is 3.11. The number of ether oxygens (including phenoxy) is 1. The van der Waals surface area contributed by atoms with Gasteiger partial charge in [0.25, 0.3) is 5.91 Å². The first kappa shape index (κ1) is 16.1. The fourth-order valence-corrected chi connectivity index (χ4v) is 3.53. The van der Waals surface area contributed by atoms with Crippen LogP contribution in [0.4, 0.5) is 0 Å². The second-order valence-corrected chi connectivity index (χ2v) is 6.56. The van der Waals surface area contributed by atoms with E-state index in [4.69, 9.17) is 4.74 Å². The zero-order chi connectivity index (χ0) is 16.1. The fourth-order valence-electron chi connectivity index (χ4n) is 2.67. The molecular weight excluding hydrogens is 310 g/mol. The van der Waals surface area contributed by atoms with Crippen molar-refractivity contribution in [3.05, 3.63) is 52.0 Å². The maximum Gasteiger partial charge on any atom is 0.252 e. The average molecular weight is 331 g/mol. The Morgan fingerprint density at radius 1 is 1.39 bits per heavy atom. The monoisotopic (exact) mass is 331 g/mol. The number of carbonyl (C=O) groups excluding carboxylic acids is 1. The number of carbonyl (C=O) groups is 1. The van der Waals surface area contributed by atoms with Crippen molar-refractivity contribution in [1.29, 1.82) is 0 Å². The fraction of sp³-hybridized carbons (Fsp3) is 0.412. The predicted molar refractivity (Wildman–Crippen MR) is 90.8 cm³/mol.